The zero-order chi connectivity index (χ0) is 18.5. The molecule has 2 amide bonds. The van der Waals surface area contributed by atoms with Crippen LogP contribution in [0.4, 0.5) is 0 Å². The average molecular weight is 396 g/mol. The summed E-state index contributed by atoms with van der Waals surface area (Å²) in [5, 5.41) is 2.56. The van der Waals surface area contributed by atoms with Crippen molar-refractivity contribution in [3.05, 3.63) is 28.2 Å². The van der Waals surface area contributed by atoms with E-state index in [1.165, 1.54) is 18.2 Å². The lowest BCUT2D eigenvalue weighted by Crippen LogP contribution is -2.48. The number of rotatable bonds is 8. The zero-order valence-electron chi connectivity index (χ0n) is 13.2. The second-order valence-corrected chi connectivity index (χ2v) is 8.13. The van der Waals surface area contributed by atoms with Crippen LogP contribution in [0.2, 0.25) is 10.0 Å². The first kappa shape index (κ1) is 20.7. The second-order valence-electron chi connectivity index (χ2n) is 5.55. The first-order valence-corrected chi connectivity index (χ1v) is 9.30. The van der Waals surface area contributed by atoms with Gasteiger partial charge in [0.25, 0.3) is 0 Å². The van der Waals surface area contributed by atoms with E-state index in [0.717, 1.165) is 0 Å². The molecule has 0 radical (unpaired) electrons. The van der Waals surface area contributed by atoms with E-state index in [-0.39, 0.29) is 20.9 Å². The van der Waals surface area contributed by atoms with Crippen LogP contribution in [0.3, 0.4) is 0 Å². The number of sulfonamides is 1. The third-order valence-corrected chi connectivity index (χ3v) is 5.11. The first-order valence-electron chi connectivity index (χ1n) is 7.06. The van der Waals surface area contributed by atoms with Crippen LogP contribution < -0.4 is 15.8 Å². The summed E-state index contributed by atoms with van der Waals surface area (Å²) in [5.41, 5.74) is 5.22. The normalized spacial score (nSPS) is 12.9. The molecule has 1 aromatic carbocycles. The largest absolute Gasteiger partial charge is 0.368 e. The lowest BCUT2D eigenvalue weighted by molar-refractivity contribution is -0.127. The molecule has 10 heteroatoms. The van der Waals surface area contributed by atoms with Crippen molar-refractivity contribution in [1.29, 1.82) is 0 Å². The van der Waals surface area contributed by atoms with E-state index in [2.05, 4.69) is 10.0 Å². The zero-order valence-corrected chi connectivity index (χ0v) is 15.5. The number of nitrogens with one attached hydrogen (secondary N) is 2. The third kappa shape index (κ3) is 6.27. The molecular weight excluding hydrogens is 377 g/mol. The Bertz CT molecular complexity index is 723. The SMILES string of the molecule is CC(C)CC(NC(=O)CNS(=O)(=O)c1cc(Cl)ccc1Cl)C(N)=O. The fraction of sp³-hybridized carbons (Fsp3) is 0.429. The second kappa shape index (κ2) is 8.66. The van der Waals surface area contributed by atoms with Gasteiger partial charge in [-0.05, 0) is 30.5 Å². The highest BCUT2D eigenvalue weighted by Gasteiger charge is 2.22. The summed E-state index contributed by atoms with van der Waals surface area (Å²) < 4.78 is 26.5. The molecule has 0 aliphatic rings. The van der Waals surface area contributed by atoms with Crippen LogP contribution >= 0.6 is 23.2 Å². The molecule has 134 valence electrons. The van der Waals surface area contributed by atoms with Crippen molar-refractivity contribution in [3.8, 4) is 0 Å². The maximum Gasteiger partial charge on any atom is 0.242 e. The van der Waals surface area contributed by atoms with Crippen molar-refractivity contribution in [2.75, 3.05) is 6.54 Å². The van der Waals surface area contributed by atoms with Gasteiger partial charge in [0.05, 0.1) is 11.6 Å². The lowest BCUT2D eigenvalue weighted by Gasteiger charge is -2.17. The van der Waals surface area contributed by atoms with Crippen LogP contribution in [-0.4, -0.2) is 32.8 Å². The van der Waals surface area contributed by atoms with Crippen LogP contribution in [0.25, 0.3) is 0 Å². The summed E-state index contributed by atoms with van der Waals surface area (Å²) >= 11 is 11.6. The highest BCUT2D eigenvalue weighted by atomic mass is 35.5. The van der Waals surface area contributed by atoms with E-state index in [0.29, 0.717) is 6.42 Å². The Morgan fingerprint density at radius 1 is 1.25 bits per heavy atom. The van der Waals surface area contributed by atoms with E-state index in [1.807, 2.05) is 13.8 Å². The summed E-state index contributed by atoms with van der Waals surface area (Å²) in [7, 11) is -4.03. The predicted molar refractivity (Wildman–Crippen MR) is 92.2 cm³/mol. The molecule has 0 saturated heterocycles. The molecule has 1 aromatic rings. The fourth-order valence-electron chi connectivity index (χ4n) is 1.88. The minimum atomic E-state index is -4.03. The molecule has 0 bridgehead atoms. The molecule has 0 aliphatic carbocycles. The van der Waals surface area contributed by atoms with Crippen LogP contribution in [0.15, 0.2) is 23.1 Å². The van der Waals surface area contributed by atoms with Crippen molar-refractivity contribution in [3.63, 3.8) is 0 Å². The standard InChI is InChI=1S/C14H19Cl2N3O4S/c1-8(2)5-11(14(17)21)19-13(20)7-18-24(22,23)12-6-9(15)3-4-10(12)16/h3-4,6,8,11,18H,5,7H2,1-2H3,(H2,17,21)(H,19,20). The maximum absolute atomic E-state index is 12.2. The van der Waals surface area contributed by atoms with Crippen molar-refractivity contribution < 1.29 is 18.0 Å². The summed E-state index contributed by atoms with van der Waals surface area (Å²) in [6.07, 6.45) is 0.355. The van der Waals surface area contributed by atoms with Gasteiger partial charge in [-0.1, -0.05) is 37.0 Å². The van der Waals surface area contributed by atoms with Gasteiger partial charge >= 0.3 is 0 Å². The van der Waals surface area contributed by atoms with Gasteiger partial charge in [-0.25, -0.2) is 13.1 Å². The van der Waals surface area contributed by atoms with Crippen molar-refractivity contribution in [2.45, 2.75) is 31.2 Å². The number of primary amides is 1. The Morgan fingerprint density at radius 3 is 2.42 bits per heavy atom. The van der Waals surface area contributed by atoms with E-state index in [4.69, 9.17) is 28.9 Å². The molecule has 7 nitrogen and oxygen atoms in total. The molecule has 0 aliphatic heterocycles. The van der Waals surface area contributed by atoms with Crippen LogP contribution in [-0.2, 0) is 19.6 Å². The van der Waals surface area contributed by atoms with E-state index >= 15 is 0 Å². The van der Waals surface area contributed by atoms with Gasteiger partial charge in [0.15, 0.2) is 0 Å². The lowest BCUT2D eigenvalue weighted by atomic mass is 10.0. The number of amides is 2. The molecule has 0 fully saturated rings. The molecule has 1 rings (SSSR count). The Morgan fingerprint density at radius 2 is 1.88 bits per heavy atom. The third-order valence-electron chi connectivity index (χ3n) is 2.99. The van der Waals surface area contributed by atoms with Gasteiger partial charge in [-0.2, -0.15) is 0 Å². The quantitative estimate of drug-likeness (QED) is 0.614. The first-order chi connectivity index (χ1) is 11.0. The predicted octanol–water partition coefficient (Wildman–Crippen LogP) is 1.29. The minimum Gasteiger partial charge on any atom is -0.368 e. The highest BCUT2D eigenvalue weighted by Crippen LogP contribution is 2.24. The molecule has 1 unspecified atom stereocenters. The Hall–Kier alpha value is -1.35. The van der Waals surface area contributed by atoms with Crippen molar-refractivity contribution in [1.82, 2.24) is 10.0 Å². The Kier molecular flexibility index (Phi) is 7.47. The molecule has 0 aromatic heterocycles. The smallest absolute Gasteiger partial charge is 0.242 e. The number of hydrogen-bond acceptors (Lipinski definition) is 4. The number of hydrogen-bond donors (Lipinski definition) is 3. The molecule has 24 heavy (non-hydrogen) atoms. The average Bonchev–Trinajstić information content (AvgIpc) is 2.46. The highest BCUT2D eigenvalue weighted by molar-refractivity contribution is 7.89. The van der Waals surface area contributed by atoms with Gasteiger partial charge in [0, 0.05) is 5.02 Å². The van der Waals surface area contributed by atoms with Gasteiger partial charge in [0.1, 0.15) is 10.9 Å². The summed E-state index contributed by atoms with van der Waals surface area (Å²) in [4.78, 5) is 22.9. The molecule has 0 heterocycles. The van der Waals surface area contributed by atoms with Gasteiger partial charge in [-0.3, -0.25) is 9.59 Å². The number of carbonyl (C=O) groups excluding carboxylic acids is 2. The molecule has 4 N–H and O–H groups in total. The number of halogens is 2. The Labute approximate surface area is 150 Å². The van der Waals surface area contributed by atoms with E-state index in [1.54, 1.807) is 0 Å². The fourth-order valence-corrected chi connectivity index (χ4v) is 3.63. The van der Waals surface area contributed by atoms with Gasteiger partial charge in [0.2, 0.25) is 21.8 Å². The number of nitrogens with two attached hydrogens (primary N) is 1. The topological polar surface area (TPSA) is 118 Å². The molecular formula is C14H19Cl2N3O4S. The van der Waals surface area contributed by atoms with Crippen LogP contribution in [0, 0.1) is 5.92 Å². The summed E-state index contributed by atoms with van der Waals surface area (Å²) in [6, 6.07) is 3.09. The van der Waals surface area contributed by atoms with Crippen LogP contribution in [0.1, 0.15) is 20.3 Å². The van der Waals surface area contributed by atoms with E-state index in [9.17, 15) is 18.0 Å². The molecule has 0 spiro atoms. The minimum absolute atomic E-state index is 0.0258. The van der Waals surface area contributed by atoms with E-state index < -0.39 is 34.4 Å². The summed E-state index contributed by atoms with van der Waals surface area (Å²) in [6.45, 7) is 3.17. The van der Waals surface area contributed by atoms with Gasteiger partial charge < -0.3 is 11.1 Å². The monoisotopic (exact) mass is 395 g/mol. The van der Waals surface area contributed by atoms with Crippen molar-refractivity contribution in [2.24, 2.45) is 11.7 Å². The van der Waals surface area contributed by atoms with Crippen molar-refractivity contribution >= 4 is 45.0 Å². The maximum atomic E-state index is 12.2. The number of benzene rings is 1. The molecule has 0 saturated carbocycles. The van der Waals surface area contributed by atoms with Gasteiger partial charge in [-0.15, -0.1) is 0 Å². The molecule has 1 atom stereocenters. The summed E-state index contributed by atoms with van der Waals surface area (Å²) in [5.74, 6) is -1.23. The number of carbonyl (C=O) groups is 2. The Balaban J connectivity index is 2.75. The van der Waals surface area contributed by atoms with Crippen LogP contribution in [0.5, 0.6) is 0 Å².